The highest BCUT2D eigenvalue weighted by Gasteiger charge is 2.11. The third-order valence-electron chi connectivity index (χ3n) is 5.00. The number of hydrogen-bond donors (Lipinski definition) is 2. The van der Waals surface area contributed by atoms with Crippen molar-refractivity contribution in [3.63, 3.8) is 0 Å². The zero-order valence-electron chi connectivity index (χ0n) is 19.6. The van der Waals surface area contributed by atoms with Crippen molar-refractivity contribution >= 4 is 45.1 Å². The number of ether oxygens (including phenoxy) is 2. The van der Waals surface area contributed by atoms with Crippen molar-refractivity contribution in [1.82, 2.24) is 0 Å². The molecule has 0 saturated heterocycles. The Morgan fingerprint density at radius 2 is 1.46 bits per heavy atom. The molecular formula is C27H27BrN2O5. The van der Waals surface area contributed by atoms with Crippen LogP contribution in [-0.2, 0) is 19.1 Å². The number of amides is 2. The van der Waals surface area contributed by atoms with Crippen LogP contribution in [0, 0.1) is 13.8 Å². The number of carbonyl (C=O) groups excluding carboxylic acids is 3. The molecule has 0 unspecified atom stereocenters. The van der Waals surface area contributed by atoms with E-state index in [1.165, 1.54) is 0 Å². The first-order valence-corrected chi connectivity index (χ1v) is 11.9. The number of rotatable bonds is 10. The molecule has 0 aliphatic heterocycles. The summed E-state index contributed by atoms with van der Waals surface area (Å²) >= 11 is 3.38. The molecule has 2 amide bonds. The molecule has 182 valence electrons. The van der Waals surface area contributed by atoms with Crippen molar-refractivity contribution in [2.24, 2.45) is 0 Å². The van der Waals surface area contributed by atoms with Crippen LogP contribution in [0.3, 0.4) is 0 Å². The lowest BCUT2D eigenvalue weighted by Gasteiger charge is -2.10. The van der Waals surface area contributed by atoms with E-state index in [4.69, 9.17) is 9.47 Å². The predicted molar refractivity (Wildman–Crippen MR) is 139 cm³/mol. The van der Waals surface area contributed by atoms with Crippen molar-refractivity contribution in [1.29, 1.82) is 0 Å². The van der Waals surface area contributed by atoms with Crippen molar-refractivity contribution in [2.45, 2.75) is 33.1 Å². The summed E-state index contributed by atoms with van der Waals surface area (Å²) in [5, 5.41) is 5.52. The number of carbonyl (C=O) groups is 3. The molecule has 0 aliphatic rings. The van der Waals surface area contributed by atoms with Gasteiger partial charge in [0, 0.05) is 28.7 Å². The van der Waals surface area contributed by atoms with Crippen LogP contribution in [0.2, 0.25) is 0 Å². The van der Waals surface area contributed by atoms with Gasteiger partial charge < -0.3 is 20.1 Å². The molecule has 0 fully saturated rings. The van der Waals surface area contributed by atoms with Gasteiger partial charge in [0.15, 0.2) is 6.61 Å². The largest absolute Gasteiger partial charge is 0.457 e. The Morgan fingerprint density at radius 3 is 2.14 bits per heavy atom. The van der Waals surface area contributed by atoms with E-state index >= 15 is 0 Å². The van der Waals surface area contributed by atoms with E-state index in [1.807, 2.05) is 56.3 Å². The van der Waals surface area contributed by atoms with E-state index in [-0.39, 0.29) is 25.4 Å². The second-order valence-corrected chi connectivity index (χ2v) is 8.93. The Kier molecular flexibility index (Phi) is 9.43. The molecule has 3 aromatic carbocycles. The summed E-state index contributed by atoms with van der Waals surface area (Å²) in [6, 6.07) is 20.2. The molecular weight excluding hydrogens is 512 g/mol. The molecule has 35 heavy (non-hydrogen) atoms. The van der Waals surface area contributed by atoms with Gasteiger partial charge in [-0.3, -0.25) is 14.4 Å². The summed E-state index contributed by atoms with van der Waals surface area (Å²) in [6.07, 6.45) is 0.513. The maximum atomic E-state index is 12.2. The quantitative estimate of drug-likeness (QED) is 0.302. The van der Waals surface area contributed by atoms with Gasteiger partial charge in [0.1, 0.15) is 11.5 Å². The summed E-state index contributed by atoms with van der Waals surface area (Å²) in [4.78, 5) is 36.1. The number of aryl methyl sites for hydroxylation is 2. The van der Waals surface area contributed by atoms with Crippen molar-refractivity contribution in [3.8, 4) is 11.5 Å². The Bertz CT molecular complexity index is 1180. The van der Waals surface area contributed by atoms with E-state index in [2.05, 4.69) is 26.6 Å². The standard InChI is InChI=1S/C27H27BrN2O5/c1-18-6-7-19(2)24(16-18)30-26(32)17-34-27(33)5-3-4-25(31)29-21-10-14-23(15-11-21)35-22-12-8-20(28)9-13-22/h6-16H,3-5,17H2,1-2H3,(H,29,31)(H,30,32). The summed E-state index contributed by atoms with van der Waals surface area (Å²) in [5.74, 6) is 0.210. The Balaban J connectivity index is 1.33. The third-order valence-corrected chi connectivity index (χ3v) is 5.53. The predicted octanol–water partition coefficient (Wildman–Crippen LogP) is 6.15. The lowest BCUT2D eigenvalue weighted by molar-refractivity contribution is -0.147. The topological polar surface area (TPSA) is 93.7 Å². The molecule has 3 rings (SSSR count). The number of benzene rings is 3. The van der Waals surface area contributed by atoms with Gasteiger partial charge in [-0.25, -0.2) is 0 Å². The van der Waals surface area contributed by atoms with E-state index in [0.717, 1.165) is 15.6 Å². The van der Waals surface area contributed by atoms with Gasteiger partial charge in [0.2, 0.25) is 5.91 Å². The fourth-order valence-electron chi connectivity index (χ4n) is 3.14. The molecule has 3 aromatic rings. The van der Waals surface area contributed by atoms with Gasteiger partial charge in [-0.15, -0.1) is 0 Å². The smallest absolute Gasteiger partial charge is 0.306 e. The number of esters is 1. The van der Waals surface area contributed by atoms with Gasteiger partial charge in [-0.1, -0.05) is 28.1 Å². The van der Waals surface area contributed by atoms with Crippen LogP contribution in [0.1, 0.15) is 30.4 Å². The molecule has 0 bridgehead atoms. The Hall–Kier alpha value is -3.65. The molecule has 8 heteroatoms. The molecule has 0 spiro atoms. The van der Waals surface area contributed by atoms with Crippen LogP contribution in [0.5, 0.6) is 11.5 Å². The fourth-order valence-corrected chi connectivity index (χ4v) is 3.40. The molecule has 0 atom stereocenters. The minimum Gasteiger partial charge on any atom is -0.457 e. The van der Waals surface area contributed by atoms with Crippen LogP contribution < -0.4 is 15.4 Å². The average molecular weight is 539 g/mol. The van der Waals surface area contributed by atoms with E-state index in [0.29, 0.717) is 29.3 Å². The first kappa shape index (κ1) is 26.0. The number of nitrogens with one attached hydrogen (secondary N) is 2. The first-order valence-electron chi connectivity index (χ1n) is 11.1. The molecule has 2 N–H and O–H groups in total. The maximum Gasteiger partial charge on any atom is 0.306 e. The van der Waals surface area contributed by atoms with E-state index < -0.39 is 11.9 Å². The molecule has 0 saturated carbocycles. The van der Waals surface area contributed by atoms with Crippen LogP contribution in [-0.4, -0.2) is 24.4 Å². The van der Waals surface area contributed by atoms with Crippen molar-refractivity contribution in [3.05, 3.63) is 82.3 Å². The van der Waals surface area contributed by atoms with Crippen LogP contribution in [0.15, 0.2) is 71.2 Å². The zero-order valence-corrected chi connectivity index (χ0v) is 21.2. The number of anilines is 2. The Morgan fingerprint density at radius 1 is 0.800 bits per heavy atom. The lowest BCUT2D eigenvalue weighted by Crippen LogP contribution is -2.21. The van der Waals surface area contributed by atoms with Gasteiger partial charge in [-0.2, -0.15) is 0 Å². The zero-order chi connectivity index (χ0) is 25.2. The maximum absolute atomic E-state index is 12.2. The highest BCUT2D eigenvalue weighted by molar-refractivity contribution is 9.10. The first-order chi connectivity index (χ1) is 16.8. The molecule has 7 nitrogen and oxygen atoms in total. The van der Waals surface area contributed by atoms with Crippen molar-refractivity contribution < 1.29 is 23.9 Å². The Labute approximate surface area is 213 Å². The summed E-state index contributed by atoms with van der Waals surface area (Å²) in [5.41, 5.74) is 3.26. The highest BCUT2D eigenvalue weighted by atomic mass is 79.9. The second-order valence-electron chi connectivity index (χ2n) is 8.01. The van der Waals surface area contributed by atoms with Crippen LogP contribution >= 0.6 is 15.9 Å². The highest BCUT2D eigenvalue weighted by Crippen LogP contribution is 2.24. The minimum atomic E-state index is -0.525. The summed E-state index contributed by atoms with van der Waals surface area (Å²) in [7, 11) is 0. The summed E-state index contributed by atoms with van der Waals surface area (Å²) < 4.78 is 11.7. The average Bonchev–Trinajstić information content (AvgIpc) is 2.83. The lowest BCUT2D eigenvalue weighted by atomic mass is 10.1. The van der Waals surface area contributed by atoms with E-state index in [1.54, 1.807) is 24.3 Å². The fraction of sp³-hybridized carbons (Fsp3) is 0.222. The minimum absolute atomic E-state index is 0.0458. The van der Waals surface area contributed by atoms with Gasteiger partial charge in [0.05, 0.1) is 0 Å². The normalized spacial score (nSPS) is 10.4. The molecule has 0 heterocycles. The number of halogens is 1. The van der Waals surface area contributed by atoms with Crippen LogP contribution in [0.25, 0.3) is 0 Å². The molecule has 0 aliphatic carbocycles. The molecule has 0 aromatic heterocycles. The summed E-state index contributed by atoms with van der Waals surface area (Å²) in [6.45, 7) is 3.45. The van der Waals surface area contributed by atoms with Crippen LogP contribution in [0.4, 0.5) is 11.4 Å². The van der Waals surface area contributed by atoms with Gasteiger partial charge in [-0.05, 0) is 86.0 Å². The molecule has 0 radical (unpaired) electrons. The van der Waals surface area contributed by atoms with Crippen molar-refractivity contribution in [2.75, 3.05) is 17.2 Å². The van der Waals surface area contributed by atoms with Gasteiger partial charge >= 0.3 is 5.97 Å². The third kappa shape index (κ3) is 8.90. The van der Waals surface area contributed by atoms with E-state index in [9.17, 15) is 14.4 Å². The SMILES string of the molecule is Cc1ccc(C)c(NC(=O)COC(=O)CCCC(=O)Nc2ccc(Oc3ccc(Br)cc3)cc2)c1. The number of hydrogen-bond acceptors (Lipinski definition) is 5. The monoisotopic (exact) mass is 538 g/mol. The second kappa shape index (κ2) is 12.7. The van der Waals surface area contributed by atoms with Gasteiger partial charge in [0.25, 0.3) is 5.91 Å².